The number of anilines is 1. The lowest BCUT2D eigenvalue weighted by molar-refractivity contribution is -0.129. The Bertz CT molecular complexity index is 594. The second-order valence-electron chi connectivity index (χ2n) is 6.87. The summed E-state index contributed by atoms with van der Waals surface area (Å²) in [6.45, 7) is 6.10. The van der Waals surface area contributed by atoms with Crippen molar-refractivity contribution in [1.82, 2.24) is 5.32 Å². The number of piperidine rings is 1. The van der Waals surface area contributed by atoms with E-state index in [9.17, 15) is 9.59 Å². The van der Waals surface area contributed by atoms with Gasteiger partial charge in [0.1, 0.15) is 0 Å². The molecular formula is C19H26N2O2. The van der Waals surface area contributed by atoms with Gasteiger partial charge >= 0.3 is 0 Å². The minimum absolute atomic E-state index is 0.0343. The number of aryl methyl sites for hydroxylation is 1. The fraction of sp³-hybridized carbons (Fsp3) is 0.579. The summed E-state index contributed by atoms with van der Waals surface area (Å²) >= 11 is 0. The first kappa shape index (κ1) is 16.0. The Morgan fingerprint density at radius 3 is 2.09 bits per heavy atom. The summed E-state index contributed by atoms with van der Waals surface area (Å²) in [5.74, 6) is -0.129. The van der Waals surface area contributed by atoms with Crippen LogP contribution in [0, 0.1) is 12.3 Å². The standard InChI is InChI=1S/C17H20N2O2.C2H6/c1-11-2-4-12(5-3-11)19-13-6-7-14(19)9-17(8-13)10-15(20)18-16(17)21;1-2/h2-5,13-14H,6-10H2,1H3,(H,18,20,21);1-2H3. The molecule has 3 fully saturated rings. The molecule has 0 radical (unpaired) electrons. The maximum absolute atomic E-state index is 12.2. The molecule has 3 saturated heterocycles. The van der Waals surface area contributed by atoms with Crippen molar-refractivity contribution in [2.45, 2.75) is 65.0 Å². The molecule has 3 aliphatic heterocycles. The summed E-state index contributed by atoms with van der Waals surface area (Å²) in [5, 5.41) is 2.51. The van der Waals surface area contributed by atoms with E-state index in [0.717, 1.165) is 25.7 Å². The van der Waals surface area contributed by atoms with Crippen LogP contribution in [0.5, 0.6) is 0 Å². The predicted molar refractivity (Wildman–Crippen MR) is 91.2 cm³/mol. The molecule has 3 heterocycles. The zero-order valence-electron chi connectivity index (χ0n) is 14.3. The molecule has 2 amide bonds. The molecule has 2 bridgehead atoms. The Labute approximate surface area is 138 Å². The second-order valence-corrected chi connectivity index (χ2v) is 6.87. The number of fused-ring (bicyclic) bond motifs is 2. The molecule has 2 atom stereocenters. The van der Waals surface area contributed by atoms with E-state index in [1.54, 1.807) is 0 Å². The van der Waals surface area contributed by atoms with E-state index in [1.165, 1.54) is 11.3 Å². The van der Waals surface area contributed by atoms with Gasteiger partial charge in [-0.2, -0.15) is 0 Å². The smallest absolute Gasteiger partial charge is 0.233 e. The number of benzene rings is 1. The second kappa shape index (κ2) is 5.99. The van der Waals surface area contributed by atoms with Crippen molar-refractivity contribution in [3.05, 3.63) is 29.8 Å². The van der Waals surface area contributed by atoms with E-state index in [0.29, 0.717) is 18.5 Å². The van der Waals surface area contributed by atoms with Gasteiger partial charge in [-0.05, 0) is 44.7 Å². The Hall–Kier alpha value is -1.84. The molecule has 0 saturated carbocycles. The van der Waals surface area contributed by atoms with Crippen molar-refractivity contribution in [2.24, 2.45) is 5.41 Å². The van der Waals surface area contributed by atoms with Crippen molar-refractivity contribution in [2.75, 3.05) is 4.90 Å². The number of hydrogen-bond acceptors (Lipinski definition) is 3. The molecule has 4 heteroatoms. The average molecular weight is 314 g/mol. The first-order valence-corrected chi connectivity index (χ1v) is 8.77. The summed E-state index contributed by atoms with van der Waals surface area (Å²) in [4.78, 5) is 26.3. The summed E-state index contributed by atoms with van der Waals surface area (Å²) in [6, 6.07) is 9.43. The minimum Gasteiger partial charge on any atom is -0.365 e. The van der Waals surface area contributed by atoms with E-state index in [4.69, 9.17) is 0 Å². The van der Waals surface area contributed by atoms with Gasteiger partial charge in [0.05, 0.1) is 5.41 Å². The summed E-state index contributed by atoms with van der Waals surface area (Å²) in [6.07, 6.45) is 4.27. The van der Waals surface area contributed by atoms with Crippen LogP contribution < -0.4 is 10.2 Å². The molecule has 124 valence electrons. The monoisotopic (exact) mass is 314 g/mol. The number of amides is 2. The van der Waals surface area contributed by atoms with Gasteiger partial charge in [-0.1, -0.05) is 31.5 Å². The number of carbonyl (C=O) groups is 2. The summed E-state index contributed by atoms with van der Waals surface area (Å²) in [5.41, 5.74) is 2.09. The van der Waals surface area contributed by atoms with Gasteiger partial charge in [0.25, 0.3) is 0 Å². The van der Waals surface area contributed by atoms with Crippen LogP contribution >= 0.6 is 0 Å². The van der Waals surface area contributed by atoms with Crippen LogP contribution in [-0.4, -0.2) is 23.9 Å². The molecule has 2 unspecified atom stereocenters. The van der Waals surface area contributed by atoms with E-state index in [-0.39, 0.29) is 11.8 Å². The average Bonchev–Trinajstić information content (AvgIpc) is 2.96. The topological polar surface area (TPSA) is 49.4 Å². The number of nitrogens with zero attached hydrogens (tertiary/aromatic N) is 1. The van der Waals surface area contributed by atoms with Crippen molar-refractivity contribution in [3.63, 3.8) is 0 Å². The Balaban J connectivity index is 0.000000753. The molecule has 1 aromatic rings. The van der Waals surface area contributed by atoms with Gasteiger partial charge in [0.15, 0.2) is 0 Å². The zero-order valence-corrected chi connectivity index (χ0v) is 14.3. The molecule has 23 heavy (non-hydrogen) atoms. The van der Waals surface area contributed by atoms with E-state index in [2.05, 4.69) is 41.4 Å². The SMILES string of the molecule is CC.Cc1ccc(N2C3CCC2CC2(CC(=O)NC2=O)C3)cc1. The van der Waals surface area contributed by atoms with Crippen molar-refractivity contribution < 1.29 is 9.59 Å². The molecule has 3 aliphatic rings. The van der Waals surface area contributed by atoms with Crippen LogP contribution in [0.25, 0.3) is 0 Å². The van der Waals surface area contributed by atoms with E-state index >= 15 is 0 Å². The molecule has 1 spiro atoms. The fourth-order valence-electron chi connectivity index (χ4n) is 4.51. The van der Waals surface area contributed by atoms with Crippen molar-refractivity contribution in [1.29, 1.82) is 0 Å². The van der Waals surface area contributed by atoms with Gasteiger partial charge in [-0.3, -0.25) is 14.9 Å². The number of nitrogens with one attached hydrogen (secondary N) is 1. The number of rotatable bonds is 1. The quantitative estimate of drug-likeness (QED) is 0.810. The molecular weight excluding hydrogens is 288 g/mol. The van der Waals surface area contributed by atoms with Crippen LogP contribution in [0.4, 0.5) is 5.69 Å². The van der Waals surface area contributed by atoms with Crippen LogP contribution in [0.15, 0.2) is 24.3 Å². The van der Waals surface area contributed by atoms with Crippen molar-refractivity contribution >= 4 is 17.5 Å². The minimum atomic E-state index is -0.426. The molecule has 0 aliphatic carbocycles. The van der Waals surface area contributed by atoms with Gasteiger partial charge < -0.3 is 4.90 Å². The molecule has 4 rings (SSSR count). The summed E-state index contributed by atoms with van der Waals surface area (Å²) < 4.78 is 0. The fourth-order valence-corrected chi connectivity index (χ4v) is 4.51. The maximum Gasteiger partial charge on any atom is 0.233 e. The Morgan fingerprint density at radius 2 is 1.61 bits per heavy atom. The molecule has 1 aromatic carbocycles. The van der Waals surface area contributed by atoms with Gasteiger partial charge in [0, 0.05) is 24.2 Å². The first-order chi connectivity index (χ1) is 11.1. The lowest BCUT2D eigenvalue weighted by atomic mass is 9.73. The Morgan fingerprint density at radius 1 is 1.04 bits per heavy atom. The molecule has 1 N–H and O–H groups in total. The van der Waals surface area contributed by atoms with E-state index in [1.807, 2.05) is 13.8 Å². The predicted octanol–water partition coefficient (Wildman–Crippen LogP) is 3.19. The van der Waals surface area contributed by atoms with Crippen LogP contribution in [0.1, 0.15) is 51.5 Å². The highest BCUT2D eigenvalue weighted by molar-refractivity contribution is 6.06. The van der Waals surface area contributed by atoms with Crippen LogP contribution in [0.3, 0.4) is 0 Å². The first-order valence-electron chi connectivity index (χ1n) is 8.77. The van der Waals surface area contributed by atoms with Gasteiger partial charge in [0.2, 0.25) is 11.8 Å². The molecule has 0 aromatic heterocycles. The number of imide groups is 1. The molecule has 4 nitrogen and oxygen atoms in total. The number of hydrogen-bond donors (Lipinski definition) is 1. The third kappa shape index (κ3) is 2.64. The largest absolute Gasteiger partial charge is 0.365 e. The zero-order chi connectivity index (χ0) is 16.6. The van der Waals surface area contributed by atoms with Crippen molar-refractivity contribution in [3.8, 4) is 0 Å². The highest BCUT2D eigenvalue weighted by Crippen LogP contribution is 2.50. The highest BCUT2D eigenvalue weighted by atomic mass is 16.2. The Kier molecular flexibility index (Phi) is 4.17. The summed E-state index contributed by atoms with van der Waals surface area (Å²) in [7, 11) is 0. The van der Waals surface area contributed by atoms with Gasteiger partial charge in [-0.15, -0.1) is 0 Å². The van der Waals surface area contributed by atoms with Crippen LogP contribution in [-0.2, 0) is 9.59 Å². The maximum atomic E-state index is 12.2. The third-order valence-electron chi connectivity index (χ3n) is 5.44. The highest BCUT2D eigenvalue weighted by Gasteiger charge is 2.55. The lowest BCUT2D eigenvalue weighted by Gasteiger charge is -2.44. The van der Waals surface area contributed by atoms with Gasteiger partial charge in [-0.25, -0.2) is 0 Å². The normalized spacial score (nSPS) is 31.9. The van der Waals surface area contributed by atoms with E-state index < -0.39 is 5.41 Å². The third-order valence-corrected chi connectivity index (χ3v) is 5.44. The lowest BCUT2D eigenvalue weighted by Crippen LogP contribution is -2.50. The van der Waals surface area contributed by atoms with Crippen LogP contribution in [0.2, 0.25) is 0 Å². The number of carbonyl (C=O) groups excluding carboxylic acids is 2.